The maximum absolute atomic E-state index is 12.5. The molecule has 0 aliphatic carbocycles. The van der Waals surface area contributed by atoms with E-state index in [1.807, 2.05) is 41.8 Å². The van der Waals surface area contributed by atoms with Gasteiger partial charge in [-0.1, -0.05) is 36.4 Å². The van der Waals surface area contributed by atoms with Crippen LogP contribution in [0.4, 0.5) is 0 Å². The molecule has 10 nitrogen and oxygen atoms in total. The van der Waals surface area contributed by atoms with E-state index in [9.17, 15) is 10.1 Å². The van der Waals surface area contributed by atoms with Crippen molar-refractivity contribution in [3.63, 3.8) is 0 Å². The quantitative estimate of drug-likeness (QED) is 0.262. The lowest BCUT2D eigenvalue weighted by Crippen LogP contribution is -2.21. The van der Waals surface area contributed by atoms with Crippen LogP contribution in [0.15, 0.2) is 72.8 Å². The fourth-order valence-electron chi connectivity index (χ4n) is 4.12. The zero-order valence-electron chi connectivity index (χ0n) is 22.5. The van der Waals surface area contributed by atoms with E-state index in [4.69, 9.17) is 19.2 Å². The summed E-state index contributed by atoms with van der Waals surface area (Å²) in [6, 6.07) is 23.7. The van der Waals surface area contributed by atoms with Crippen LogP contribution in [0, 0.1) is 18.3 Å². The second-order valence-electron chi connectivity index (χ2n) is 9.12. The summed E-state index contributed by atoms with van der Waals surface area (Å²) in [6.07, 6.45) is 0. The zero-order valence-corrected chi connectivity index (χ0v) is 22.5. The van der Waals surface area contributed by atoms with E-state index in [1.165, 1.54) is 12.0 Å². The second kappa shape index (κ2) is 11.1. The molecule has 200 valence electrons. The Balaban J connectivity index is 1.62. The highest BCUT2D eigenvalue weighted by atomic mass is 16.5. The molecule has 40 heavy (non-hydrogen) atoms. The summed E-state index contributed by atoms with van der Waals surface area (Å²) in [5, 5.41) is 9.38. The molecule has 0 spiro atoms. The summed E-state index contributed by atoms with van der Waals surface area (Å²) < 4.78 is 19.6. The predicted molar refractivity (Wildman–Crippen MR) is 148 cm³/mol. The average molecular weight is 535 g/mol. The topological polar surface area (TPSA) is 115 Å². The Labute approximate surface area is 231 Å². The number of amides is 1. The molecule has 2 heterocycles. The molecule has 10 heteroatoms. The van der Waals surface area contributed by atoms with Gasteiger partial charge >= 0.3 is 6.01 Å². The highest BCUT2D eigenvalue weighted by molar-refractivity contribution is 5.94. The SMILES string of the molecule is COc1ccc(C#N)cc1Oc1nc(Oc2cccc(C(=O)N(C)C)c2)c2nc(C)n(Cc3ccccc3)c2n1. The van der Waals surface area contributed by atoms with Crippen LogP contribution in [0.5, 0.6) is 29.1 Å². The minimum atomic E-state index is -0.158. The first-order valence-corrected chi connectivity index (χ1v) is 12.4. The van der Waals surface area contributed by atoms with Gasteiger partial charge in [0.05, 0.1) is 25.3 Å². The number of imidazole rings is 1. The van der Waals surface area contributed by atoms with Gasteiger partial charge in [0, 0.05) is 25.7 Å². The van der Waals surface area contributed by atoms with Crippen molar-refractivity contribution in [3.8, 4) is 35.2 Å². The maximum Gasteiger partial charge on any atom is 0.327 e. The number of rotatable bonds is 8. The van der Waals surface area contributed by atoms with E-state index in [1.54, 1.807) is 56.6 Å². The summed E-state index contributed by atoms with van der Waals surface area (Å²) in [4.78, 5) is 27.9. The number of carbonyl (C=O) groups excluding carboxylic acids is 1. The number of aromatic nitrogens is 4. The van der Waals surface area contributed by atoms with Gasteiger partial charge in [0.25, 0.3) is 11.8 Å². The number of benzene rings is 3. The number of nitrogens with zero attached hydrogens (tertiary/aromatic N) is 6. The number of fused-ring (bicyclic) bond motifs is 1. The van der Waals surface area contributed by atoms with E-state index in [0.717, 1.165) is 5.56 Å². The van der Waals surface area contributed by atoms with Crippen molar-refractivity contribution in [2.75, 3.05) is 21.2 Å². The van der Waals surface area contributed by atoms with E-state index < -0.39 is 0 Å². The first-order chi connectivity index (χ1) is 19.4. The largest absolute Gasteiger partial charge is 0.493 e. The molecular formula is C30H26N6O4. The van der Waals surface area contributed by atoms with Gasteiger partial charge in [-0.05, 0) is 42.8 Å². The zero-order chi connectivity index (χ0) is 28.2. The summed E-state index contributed by atoms with van der Waals surface area (Å²) in [6.45, 7) is 2.39. The van der Waals surface area contributed by atoms with Crippen LogP contribution in [0.2, 0.25) is 0 Å². The van der Waals surface area contributed by atoms with Gasteiger partial charge in [-0.3, -0.25) is 4.79 Å². The van der Waals surface area contributed by atoms with Crippen LogP contribution in [0.25, 0.3) is 11.2 Å². The fraction of sp³-hybridized carbons (Fsp3) is 0.167. The highest BCUT2D eigenvalue weighted by Crippen LogP contribution is 2.35. The lowest BCUT2D eigenvalue weighted by molar-refractivity contribution is 0.0827. The Morgan fingerprint density at radius 3 is 2.48 bits per heavy atom. The van der Waals surface area contributed by atoms with Crippen LogP contribution >= 0.6 is 0 Å². The molecular weight excluding hydrogens is 508 g/mol. The summed E-state index contributed by atoms with van der Waals surface area (Å²) in [5.41, 5.74) is 2.85. The monoisotopic (exact) mass is 534 g/mol. The highest BCUT2D eigenvalue weighted by Gasteiger charge is 2.21. The van der Waals surface area contributed by atoms with Crippen molar-refractivity contribution >= 4 is 17.1 Å². The average Bonchev–Trinajstić information content (AvgIpc) is 3.28. The Morgan fingerprint density at radius 1 is 0.950 bits per heavy atom. The van der Waals surface area contributed by atoms with Crippen molar-refractivity contribution in [2.45, 2.75) is 13.5 Å². The normalized spacial score (nSPS) is 10.7. The minimum absolute atomic E-state index is 0.0226. The third kappa shape index (κ3) is 5.39. The van der Waals surface area contributed by atoms with Crippen molar-refractivity contribution in [1.29, 1.82) is 5.26 Å². The van der Waals surface area contributed by atoms with Gasteiger partial charge < -0.3 is 23.7 Å². The second-order valence-corrected chi connectivity index (χ2v) is 9.12. The molecule has 0 aliphatic heterocycles. The van der Waals surface area contributed by atoms with Crippen LogP contribution in [-0.2, 0) is 6.54 Å². The van der Waals surface area contributed by atoms with Gasteiger partial charge in [0.2, 0.25) is 0 Å². The molecule has 1 amide bonds. The smallest absolute Gasteiger partial charge is 0.327 e. The first-order valence-electron chi connectivity index (χ1n) is 12.4. The molecule has 5 aromatic rings. The molecule has 2 aromatic heterocycles. The Morgan fingerprint density at radius 2 is 1.75 bits per heavy atom. The number of methoxy groups -OCH3 is 1. The van der Waals surface area contributed by atoms with Gasteiger partial charge in [0.15, 0.2) is 22.7 Å². The van der Waals surface area contributed by atoms with E-state index in [2.05, 4.69) is 16.0 Å². The third-order valence-corrected chi connectivity index (χ3v) is 6.11. The molecule has 0 radical (unpaired) electrons. The summed E-state index contributed by atoms with van der Waals surface area (Å²) >= 11 is 0. The molecule has 0 bridgehead atoms. The van der Waals surface area contributed by atoms with Crippen molar-refractivity contribution in [1.82, 2.24) is 24.4 Å². The number of carbonyl (C=O) groups is 1. The van der Waals surface area contributed by atoms with Gasteiger partial charge in [-0.15, -0.1) is 0 Å². The summed E-state index contributed by atoms with van der Waals surface area (Å²) in [5.74, 6) is 1.79. The Hall–Kier alpha value is -5.43. The van der Waals surface area contributed by atoms with Crippen LogP contribution in [-0.4, -0.2) is 51.5 Å². The molecule has 0 saturated heterocycles. The van der Waals surface area contributed by atoms with Gasteiger partial charge in [-0.2, -0.15) is 15.2 Å². The number of nitriles is 1. The predicted octanol–water partition coefficient (Wildman–Crippen LogP) is 5.35. The van der Waals surface area contributed by atoms with Crippen molar-refractivity contribution in [3.05, 3.63) is 95.3 Å². The molecule has 0 N–H and O–H groups in total. The minimum Gasteiger partial charge on any atom is -0.493 e. The number of hydrogen-bond acceptors (Lipinski definition) is 8. The molecule has 5 rings (SSSR count). The van der Waals surface area contributed by atoms with Crippen molar-refractivity contribution < 1.29 is 19.0 Å². The van der Waals surface area contributed by atoms with Crippen molar-refractivity contribution in [2.24, 2.45) is 0 Å². The molecule has 0 unspecified atom stereocenters. The standard InChI is InChI=1S/C30H26N6O4/c1-19-32-26-27(36(19)18-20-9-6-5-7-10-20)33-30(40-25-15-21(17-31)13-14-24(25)38-4)34-28(26)39-23-12-8-11-22(16-23)29(37)35(2)3/h5-16H,18H2,1-4H3. The third-order valence-electron chi connectivity index (χ3n) is 6.11. The van der Waals surface area contributed by atoms with Gasteiger partial charge in [0.1, 0.15) is 11.6 Å². The van der Waals surface area contributed by atoms with E-state index in [-0.39, 0.29) is 23.5 Å². The fourth-order valence-corrected chi connectivity index (χ4v) is 4.12. The molecule has 0 fully saturated rings. The van der Waals surface area contributed by atoms with Crippen LogP contribution < -0.4 is 14.2 Å². The number of ether oxygens (including phenoxy) is 3. The van der Waals surface area contributed by atoms with Gasteiger partial charge in [-0.25, -0.2) is 4.98 Å². The lowest BCUT2D eigenvalue weighted by atomic mass is 10.2. The number of hydrogen-bond donors (Lipinski definition) is 0. The lowest BCUT2D eigenvalue weighted by Gasteiger charge is -2.13. The molecule has 0 aliphatic rings. The molecule has 0 atom stereocenters. The molecule has 0 saturated carbocycles. The molecule has 3 aromatic carbocycles. The van der Waals surface area contributed by atoms with Crippen LogP contribution in [0.1, 0.15) is 27.3 Å². The summed E-state index contributed by atoms with van der Waals surface area (Å²) in [7, 11) is 4.88. The maximum atomic E-state index is 12.5. The van der Waals surface area contributed by atoms with Crippen LogP contribution in [0.3, 0.4) is 0 Å². The first kappa shape index (κ1) is 26.2. The Bertz CT molecular complexity index is 1740. The Kier molecular flexibility index (Phi) is 7.29. The number of aryl methyl sites for hydroxylation is 1. The van der Waals surface area contributed by atoms with E-state index >= 15 is 0 Å². The van der Waals surface area contributed by atoms with E-state index in [0.29, 0.717) is 46.2 Å².